The zero-order valence-corrected chi connectivity index (χ0v) is 24.0. The number of benzene rings is 2. The van der Waals surface area contributed by atoms with Gasteiger partial charge in [0.1, 0.15) is 24.9 Å². The second-order valence-corrected chi connectivity index (χ2v) is 11.0. The van der Waals surface area contributed by atoms with Crippen molar-refractivity contribution in [1.82, 2.24) is 19.8 Å². The van der Waals surface area contributed by atoms with Crippen LogP contribution in [0.2, 0.25) is 0 Å². The second kappa shape index (κ2) is 13.4. The van der Waals surface area contributed by atoms with Crippen LogP contribution in [0.4, 0.5) is 11.5 Å². The Kier molecular flexibility index (Phi) is 9.49. The molecule has 2 fully saturated rings. The fourth-order valence-electron chi connectivity index (χ4n) is 5.18. The molecule has 0 unspecified atom stereocenters. The van der Waals surface area contributed by atoms with Crippen LogP contribution in [0.5, 0.6) is 11.5 Å². The van der Waals surface area contributed by atoms with Crippen LogP contribution in [0, 0.1) is 0 Å². The molecule has 0 radical (unpaired) electrons. The highest BCUT2D eigenvalue weighted by molar-refractivity contribution is 9.10. The van der Waals surface area contributed by atoms with Crippen LogP contribution in [0.1, 0.15) is 32.1 Å². The van der Waals surface area contributed by atoms with Gasteiger partial charge in [-0.1, -0.05) is 28.4 Å². The Hall–Kier alpha value is -2.95. The monoisotopic (exact) mass is 597 g/mol. The fourth-order valence-corrected chi connectivity index (χ4v) is 5.58. The molecule has 1 aliphatic carbocycles. The van der Waals surface area contributed by atoms with Gasteiger partial charge in [-0.3, -0.25) is 14.6 Å². The van der Waals surface area contributed by atoms with Crippen LogP contribution in [0.25, 0.3) is 10.9 Å². The molecule has 10 heteroatoms. The molecule has 1 saturated heterocycles. The molecule has 3 aromatic rings. The van der Waals surface area contributed by atoms with Gasteiger partial charge in [-0.25, -0.2) is 9.97 Å². The van der Waals surface area contributed by atoms with Crippen molar-refractivity contribution >= 4 is 44.3 Å². The van der Waals surface area contributed by atoms with E-state index < -0.39 is 0 Å². The average molecular weight is 599 g/mol. The Balaban J connectivity index is 1.13. The molecule has 0 spiro atoms. The second-order valence-electron chi connectivity index (χ2n) is 10.1. The molecule has 1 saturated carbocycles. The number of aromatic nitrogens is 2. The van der Waals surface area contributed by atoms with Gasteiger partial charge in [0, 0.05) is 54.3 Å². The minimum absolute atomic E-state index is 0.0835. The van der Waals surface area contributed by atoms with Gasteiger partial charge in [0.15, 0.2) is 11.5 Å². The highest BCUT2D eigenvalue weighted by Crippen LogP contribution is 2.35. The lowest BCUT2D eigenvalue weighted by Gasteiger charge is -2.34. The van der Waals surface area contributed by atoms with E-state index in [1.807, 2.05) is 36.4 Å². The molecule has 0 bridgehead atoms. The van der Waals surface area contributed by atoms with Gasteiger partial charge in [-0.15, -0.1) is 0 Å². The molecule has 1 aliphatic heterocycles. The quantitative estimate of drug-likeness (QED) is 0.324. The number of methoxy groups -OCH3 is 1. The first-order chi connectivity index (χ1) is 19.1. The topological polar surface area (TPSA) is 89.1 Å². The summed E-state index contributed by atoms with van der Waals surface area (Å²) in [6, 6.07) is 11.7. The number of hydrogen-bond acceptors (Lipinski definition) is 9. The Morgan fingerprint density at radius 1 is 1.03 bits per heavy atom. The Morgan fingerprint density at radius 3 is 2.59 bits per heavy atom. The molecule has 2 heterocycles. The first kappa shape index (κ1) is 27.6. The summed E-state index contributed by atoms with van der Waals surface area (Å²) in [6.45, 7) is 5.17. The molecular weight excluding hydrogens is 562 g/mol. The molecule has 9 nitrogen and oxygen atoms in total. The van der Waals surface area contributed by atoms with E-state index in [4.69, 9.17) is 14.2 Å². The van der Waals surface area contributed by atoms with Crippen LogP contribution in [-0.2, 0) is 9.53 Å². The number of nitrogens with zero attached hydrogens (tertiary/aromatic N) is 4. The maximum absolute atomic E-state index is 12.4. The van der Waals surface area contributed by atoms with Gasteiger partial charge < -0.3 is 19.5 Å². The van der Waals surface area contributed by atoms with Crippen LogP contribution in [0.3, 0.4) is 0 Å². The summed E-state index contributed by atoms with van der Waals surface area (Å²) in [6.07, 6.45) is 7.28. The van der Waals surface area contributed by atoms with Crippen molar-refractivity contribution in [2.24, 2.45) is 0 Å². The standard InChI is InChI=1S/C29H36BrN5O4/c1-37-26-18-25-24(29(32-20-31-25)33-22-7-5-6-21(30)16-22)17-27(26)38-15-14-34-10-12-35(13-11-34)19-28(36)39-23-8-3-2-4-9-23/h5-7,16-18,20,23H,2-4,8-15,19H2,1H3,(H,31,32,33). The summed E-state index contributed by atoms with van der Waals surface area (Å²) in [5, 5.41) is 4.23. The molecule has 2 aromatic carbocycles. The highest BCUT2D eigenvalue weighted by atomic mass is 79.9. The Morgan fingerprint density at radius 2 is 1.82 bits per heavy atom. The predicted octanol–water partition coefficient (Wildman–Crippen LogP) is 5.02. The minimum atomic E-state index is -0.0835. The number of carbonyl (C=O) groups excluding carboxylic acids is 1. The molecule has 39 heavy (non-hydrogen) atoms. The highest BCUT2D eigenvalue weighted by Gasteiger charge is 2.23. The van der Waals surface area contributed by atoms with Gasteiger partial charge in [-0.2, -0.15) is 0 Å². The van der Waals surface area contributed by atoms with Crippen LogP contribution >= 0.6 is 15.9 Å². The summed E-state index contributed by atoms with van der Waals surface area (Å²) in [5.41, 5.74) is 1.69. The van der Waals surface area contributed by atoms with E-state index in [0.29, 0.717) is 30.5 Å². The molecule has 1 N–H and O–H groups in total. The van der Waals surface area contributed by atoms with Gasteiger partial charge in [0.05, 0.1) is 19.2 Å². The summed E-state index contributed by atoms with van der Waals surface area (Å²) in [5.74, 6) is 1.90. The third kappa shape index (κ3) is 7.58. The van der Waals surface area contributed by atoms with Crippen molar-refractivity contribution in [3.63, 3.8) is 0 Å². The lowest BCUT2D eigenvalue weighted by atomic mass is 9.98. The van der Waals surface area contributed by atoms with Crippen molar-refractivity contribution in [3.05, 3.63) is 47.2 Å². The van der Waals surface area contributed by atoms with E-state index in [-0.39, 0.29) is 12.1 Å². The van der Waals surface area contributed by atoms with Crippen molar-refractivity contribution in [2.45, 2.75) is 38.2 Å². The maximum Gasteiger partial charge on any atom is 0.320 e. The van der Waals surface area contributed by atoms with E-state index in [2.05, 4.69) is 41.0 Å². The molecule has 0 atom stereocenters. The Labute approximate surface area is 238 Å². The van der Waals surface area contributed by atoms with E-state index in [9.17, 15) is 4.79 Å². The van der Waals surface area contributed by atoms with Crippen molar-refractivity contribution in [2.75, 3.05) is 58.3 Å². The molecule has 0 amide bonds. The van der Waals surface area contributed by atoms with Crippen molar-refractivity contribution in [3.8, 4) is 11.5 Å². The van der Waals surface area contributed by atoms with E-state index in [0.717, 1.165) is 66.6 Å². The zero-order chi connectivity index (χ0) is 27.0. The fraction of sp³-hybridized carbons (Fsp3) is 0.483. The number of esters is 1. The molecule has 208 valence electrons. The number of hydrogen-bond donors (Lipinski definition) is 1. The smallest absolute Gasteiger partial charge is 0.320 e. The van der Waals surface area contributed by atoms with Crippen LogP contribution < -0.4 is 14.8 Å². The number of nitrogens with one attached hydrogen (secondary N) is 1. The first-order valence-corrected chi connectivity index (χ1v) is 14.5. The van der Waals surface area contributed by atoms with Crippen LogP contribution in [-0.4, -0.2) is 84.8 Å². The van der Waals surface area contributed by atoms with Gasteiger partial charge in [0.2, 0.25) is 0 Å². The first-order valence-electron chi connectivity index (χ1n) is 13.7. The van der Waals surface area contributed by atoms with Gasteiger partial charge in [0.25, 0.3) is 0 Å². The largest absolute Gasteiger partial charge is 0.493 e. The zero-order valence-electron chi connectivity index (χ0n) is 22.4. The number of piperazine rings is 1. The molecule has 1 aromatic heterocycles. The third-order valence-corrected chi connectivity index (χ3v) is 7.83. The minimum Gasteiger partial charge on any atom is -0.493 e. The number of ether oxygens (including phenoxy) is 3. The van der Waals surface area contributed by atoms with Gasteiger partial charge in [-0.05, 0) is 49.9 Å². The summed E-state index contributed by atoms with van der Waals surface area (Å²) in [7, 11) is 1.63. The Bertz CT molecular complexity index is 1260. The number of fused-ring (bicyclic) bond motifs is 1. The lowest BCUT2D eigenvalue weighted by Crippen LogP contribution is -2.49. The summed E-state index contributed by atoms with van der Waals surface area (Å²) >= 11 is 3.51. The number of anilines is 2. The number of halogens is 1. The van der Waals surface area contributed by atoms with E-state index in [1.54, 1.807) is 7.11 Å². The summed E-state index contributed by atoms with van der Waals surface area (Å²) < 4.78 is 18.5. The average Bonchev–Trinajstić information content (AvgIpc) is 2.94. The lowest BCUT2D eigenvalue weighted by molar-refractivity contribution is -0.152. The molecule has 2 aliphatic rings. The van der Waals surface area contributed by atoms with Crippen molar-refractivity contribution < 1.29 is 19.0 Å². The predicted molar refractivity (Wildman–Crippen MR) is 155 cm³/mol. The van der Waals surface area contributed by atoms with Gasteiger partial charge >= 0.3 is 5.97 Å². The van der Waals surface area contributed by atoms with Crippen molar-refractivity contribution in [1.29, 1.82) is 0 Å². The molecular formula is C29H36BrN5O4. The SMILES string of the molecule is COc1cc2ncnc(Nc3cccc(Br)c3)c2cc1OCCN1CCN(CC(=O)OC2CCCCC2)CC1. The normalized spacial score (nSPS) is 17.2. The maximum atomic E-state index is 12.4. The molecule has 5 rings (SSSR count). The number of carbonyl (C=O) groups is 1. The van der Waals surface area contributed by atoms with Crippen LogP contribution in [0.15, 0.2) is 47.2 Å². The third-order valence-electron chi connectivity index (χ3n) is 7.34. The van der Waals surface area contributed by atoms with E-state index >= 15 is 0 Å². The number of rotatable bonds is 10. The van der Waals surface area contributed by atoms with E-state index in [1.165, 1.54) is 25.6 Å². The summed E-state index contributed by atoms with van der Waals surface area (Å²) in [4.78, 5) is 25.8.